The second kappa shape index (κ2) is 8.00. The van der Waals surface area contributed by atoms with Crippen LogP contribution in [0.25, 0.3) is 0 Å². The van der Waals surface area contributed by atoms with Crippen LogP contribution in [0.3, 0.4) is 0 Å². The van der Waals surface area contributed by atoms with Crippen LogP contribution < -0.4 is 16.0 Å². The number of halogens is 2. The van der Waals surface area contributed by atoms with Gasteiger partial charge in [-0.3, -0.25) is 14.4 Å². The average molecular weight is 347 g/mol. The number of carbonyl (C=O) groups is 3. The van der Waals surface area contributed by atoms with Crippen molar-refractivity contribution in [3.63, 3.8) is 0 Å². The van der Waals surface area contributed by atoms with Gasteiger partial charge in [-0.05, 0) is 42.5 Å². The highest BCUT2D eigenvalue weighted by molar-refractivity contribution is 5.99. The summed E-state index contributed by atoms with van der Waals surface area (Å²) in [5.41, 5.74) is 0.963. The molecular formula is C17H15F2N3O3. The molecule has 8 heteroatoms. The molecule has 130 valence electrons. The Labute approximate surface area is 142 Å². The van der Waals surface area contributed by atoms with Crippen LogP contribution in [0.15, 0.2) is 42.5 Å². The predicted octanol–water partition coefficient (Wildman–Crippen LogP) is 2.29. The molecule has 6 nitrogen and oxygen atoms in total. The quantitative estimate of drug-likeness (QED) is 0.775. The fourth-order valence-corrected chi connectivity index (χ4v) is 1.95. The van der Waals surface area contributed by atoms with Crippen molar-refractivity contribution < 1.29 is 23.2 Å². The van der Waals surface area contributed by atoms with Crippen molar-refractivity contribution in [3.05, 3.63) is 59.7 Å². The van der Waals surface area contributed by atoms with E-state index in [4.69, 9.17) is 0 Å². The first-order chi connectivity index (χ1) is 11.8. The van der Waals surface area contributed by atoms with Gasteiger partial charge in [0.1, 0.15) is 0 Å². The maximum atomic E-state index is 13.1. The molecule has 0 atom stereocenters. The molecule has 0 aliphatic rings. The van der Waals surface area contributed by atoms with Crippen molar-refractivity contribution in [2.45, 2.75) is 6.92 Å². The highest BCUT2D eigenvalue weighted by atomic mass is 19.2. The Morgan fingerprint density at radius 3 is 2.04 bits per heavy atom. The van der Waals surface area contributed by atoms with Crippen LogP contribution >= 0.6 is 0 Å². The van der Waals surface area contributed by atoms with Crippen molar-refractivity contribution in [2.75, 3.05) is 17.2 Å². The summed E-state index contributed by atoms with van der Waals surface area (Å²) >= 11 is 0. The van der Waals surface area contributed by atoms with Crippen LogP contribution in [-0.2, 0) is 9.59 Å². The molecule has 0 aliphatic heterocycles. The molecular weight excluding hydrogens is 332 g/mol. The van der Waals surface area contributed by atoms with E-state index in [2.05, 4.69) is 16.0 Å². The van der Waals surface area contributed by atoms with Crippen LogP contribution in [0.4, 0.5) is 20.2 Å². The topological polar surface area (TPSA) is 87.3 Å². The Morgan fingerprint density at radius 1 is 0.880 bits per heavy atom. The molecule has 0 heterocycles. The fourth-order valence-electron chi connectivity index (χ4n) is 1.95. The molecule has 0 fully saturated rings. The molecule has 0 saturated heterocycles. The standard InChI is InChI=1S/C17H15F2N3O3/c1-10(23)21-12-3-5-13(6-4-12)22-16(24)9-20-17(25)11-2-7-14(18)15(19)8-11/h2-8H,9H2,1H3,(H,20,25)(H,21,23)(H,22,24). The van der Waals surface area contributed by atoms with E-state index in [1.807, 2.05) is 0 Å². The Morgan fingerprint density at radius 2 is 1.48 bits per heavy atom. The molecule has 0 radical (unpaired) electrons. The zero-order chi connectivity index (χ0) is 18.4. The third-order valence-corrected chi connectivity index (χ3v) is 3.08. The number of benzene rings is 2. The summed E-state index contributed by atoms with van der Waals surface area (Å²) in [6.45, 7) is 1.04. The summed E-state index contributed by atoms with van der Waals surface area (Å²) in [6, 6.07) is 9.09. The van der Waals surface area contributed by atoms with Gasteiger partial charge in [0.15, 0.2) is 11.6 Å². The minimum Gasteiger partial charge on any atom is -0.343 e. The summed E-state index contributed by atoms with van der Waals surface area (Å²) in [4.78, 5) is 34.5. The Balaban J connectivity index is 1.86. The largest absolute Gasteiger partial charge is 0.343 e. The number of amides is 3. The van der Waals surface area contributed by atoms with Crippen LogP contribution in [-0.4, -0.2) is 24.3 Å². The van der Waals surface area contributed by atoms with E-state index in [0.29, 0.717) is 11.4 Å². The van der Waals surface area contributed by atoms with E-state index < -0.39 is 23.4 Å². The Hall–Kier alpha value is -3.29. The Bertz CT molecular complexity index is 807. The summed E-state index contributed by atoms with van der Waals surface area (Å²) in [5.74, 6) is -3.61. The zero-order valence-electron chi connectivity index (χ0n) is 13.2. The maximum Gasteiger partial charge on any atom is 0.251 e. The highest BCUT2D eigenvalue weighted by Gasteiger charge is 2.11. The number of hydrogen-bond donors (Lipinski definition) is 3. The van der Waals surface area contributed by atoms with Gasteiger partial charge in [-0.2, -0.15) is 0 Å². The molecule has 3 N–H and O–H groups in total. The van der Waals surface area contributed by atoms with Gasteiger partial charge in [-0.1, -0.05) is 0 Å². The van der Waals surface area contributed by atoms with Crippen molar-refractivity contribution in [1.29, 1.82) is 0 Å². The van der Waals surface area contributed by atoms with Crippen molar-refractivity contribution in [3.8, 4) is 0 Å². The van der Waals surface area contributed by atoms with Gasteiger partial charge >= 0.3 is 0 Å². The monoisotopic (exact) mass is 347 g/mol. The maximum absolute atomic E-state index is 13.1. The van der Waals surface area contributed by atoms with Gasteiger partial charge in [0.25, 0.3) is 5.91 Å². The molecule has 2 rings (SSSR count). The molecule has 0 bridgehead atoms. The molecule has 2 aromatic rings. The van der Waals surface area contributed by atoms with E-state index in [0.717, 1.165) is 18.2 Å². The van der Waals surface area contributed by atoms with E-state index in [1.54, 1.807) is 24.3 Å². The lowest BCUT2D eigenvalue weighted by Crippen LogP contribution is -2.32. The third kappa shape index (κ3) is 5.38. The lowest BCUT2D eigenvalue weighted by molar-refractivity contribution is -0.115. The van der Waals surface area contributed by atoms with Gasteiger partial charge in [-0.15, -0.1) is 0 Å². The molecule has 3 amide bonds. The van der Waals surface area contributed by atoms with Crippen molar-refractivity contribution in [2.24, 2.45) is 0 Å². The minimum absolute atomic E-state index is 0.0913. The number of rotatable bonds is 5. The van der Waals surface area contributed by atoms with Gasteiger partial charge in [-0.25, -0.2) is 8.78 Å². The lowest BCUT2D eigenvalue weighted by Gasteiger charge is -2.08. The van der Waals surface area contributed by atoms with Gasteiger partial charge in [0, 0.05) is 23.9 Å². The summed E-state index contributed by atoms with van der Waals surface area (Å²) < 4.78 is 25.9. The van der Waals surface area contributed by atoms with E-state index in [-0.39, 0.29) is 18.0 Å². The average Bonchev–Trinajstić information content (AvgIpc) is 2.56. The molecule has 25 heavy (non-hydrogen) atoms. The summed E-state index contributed by atoms with van der Waals surface area (Å²) in [6.07, 6.45) is 0. The molecule has 0 aliphatic carbocycles. The third-order valence-electron chi connectivity index (χ3n) is 3.08. The first-order valence-corrected chi connectivity index (χ1v) is 7.26. The fraction of sp³-hybridized carbons (Fsp3) is 0.118. The normalized spacial score (nSPS) is 10.0. The van der Waals surface area contributed by atoms with Gasteiger partial charge < -0.3 is 16.0 Å². The second-order valence-corrected chi connectivity index (χ2v) is 5.12. The van der Waals surface area contributed by atoms with Gasteiger partial charge in [0.05, 0.1) is 6.54 Å². The van der Waals surface area contributed by atoms with Crippen LogP contribution in [0.1, 0.15) is 17.3 Å². The van der Waals surface area contributed by atoms with Crippen molar-refractivity contribution >= 4 is 29.1 Å². The highest BCUT2D eigenvalue weighted by Crippen LogP contribution is 2.13. The number of nitrogens with one attached hydrogen (secondary N) is 3. The molecule has 2 aromatic carbocycles. The smallest absolute Gasteiger partial charge is 0.251 e. The SMILES string of the molecule is CC(=O)Nc1ccc(NC(=O)CNC(=O)c2ccc(F)c(F)c2)cc1. The van der Waals surface area contributed by atoms with Crippen LogP contribution in [0, 0.1) is 11.6 Å². The number of hydrogen-bond acceptors (Lipinski definition) is 3. The molecule has 0 unspecified atom stereocenters. The van der Waals surface area contributed by atoms with Crippen LogP contribution in [0.5, 0.6) is 0 Å². The molecule has 0 spiro atoms. The minimum atomic E-state index is -1.14. The molecule has 0 aromatic heterocycles. The number of carbonyl (C=O) groups excluding carboxylic acids is 3. The van der Waals surface area contributed by atoms with E-state index in [9.17, 15) is 23.2 Å². The Kier molecular flexibility index (Phi) is 5.78. The van der Waals surface area contributed by atoms with Gasteiger partial charge in [0.2, 0.25) is 11.8 Å². The number of anilines is 2. The summed E-state index contributed by atoms with van der Waals surface area (Å²) in [5, 5.41) is 7.44. The second-order valence-electron chi connectivity index (χ2n) is 5.12. The zero-order valence-corrected chi connectivity index (χ0v) is 13.2. The lowest BCUT2D eigenvalue weighted by atomic mass is 10.2. The van der Waals surface area contributed by atoms with Crippen LogP contribution in [0.2, 0.25) is 0 Å². The van der Waals surface area contributed by atoms with E-state index >= 15 is 0 Å². The predicted molar refractivity (Wildman–Crippen MR) is 88.1 cm³/mol. The molecule has 0 saturated carbocycles. The van der Waals surface area contributed by atoms with Crippen molar-refractivity contribution in [1.82, 2.24) is 5.32 Å². The first kappa shape index (κ1) is 18.1. The summed E-state index contributed by atoms with van der Waals surface area (Å²) in [7, 11) is 0. The first-order valence-electron chi connectivity index (χ1n) is 7.26. The van der Waals surface area contributed by atoms with E-state index in [1.165, 1.54) is 6.92 Å².